The molecule has 0 saturated heterocycles. The lowest BCUT2D eigenvalue weighted by atomic mass is 9.83. The lowest BCUT2D eigenvalue weighted by Crippen LogP contribution is -2.62. The van der Waals surface area contributed by atoms with E-state index in [0.717, 1.165) is 47.2 Å². The molecule has 3 aromatic carbocycles. The van der Waals surface area contributed by atoms with Crippen molar-refractivity contribution < 1.29 is 33.4 Å². The highest BCUT2D eigenvalue weighted by atomic mass is 16.6. The number of carbonyl (C=O) groups is 5. The van der Waals surface area contributed by atoms with Gasteiger partial charge in [-0.25, -0.2) is 9.59 Å². The minimum absolute atomic E-state index is 0.146. The number of hydrogen-bond acceptors (Lipinski definition) is 8. The van der Waals surface area contributed by atoms with Gasteiger partial charge in [-0.05, 0) is 104 Å². The Morgan fingerprint density at radius 3 is 2.27 bits per heavy atom. The van der Waals surface area contributed by atoms with Gasteiger partial charge in [-0.2, -0.15) is 0 Å². The first-order valence-electron chi connectivity index (χ1n) is 19.3. The molecule has 0 bridgehead atoms. The predicted molar refractivity (Wildman–Crippen MR) is 215 cm³/mol. The van der Waals surface area contributed by atoms with Gasteiger partial charge in [0.15, 0.2) is 0 Å². The molecular weight excluding hydrogens is 711 g/mol. The van der Waals surface area contributed by atoms with Gasteiger partial charge in [0.05, 0.1) is 18.7 Å². The van der Waals surface area contributed by atoms with Crippen molar-refractivity contribution in [1.82, 2.24) is 20.4 Å². The summed E-state index contributed by atoms with van der Waals surface area (Å²) in [7, 11) is 2.83. The minimum atomic E-state index is -1.02. The number of fused-ring (bicyclic) bond motifs is 2. The maximum atomic E-state index is 14.9. The minimum Gasteiger partial charge on any atom is -0.465 e. The molecule has 4 amide bonds. The van der Waals surface area contributed by atoms with Crippen LogP contribution in [0.3, 0.4) is 0 Å². The molecule has 1 aliphatic heterocycles. The first kappa shape index (κ1) is 41.8. The lowest BCUT2D eigenvalue weighted by Gasteiger charge is -2.42. The number of hydrogen-bond donors (Lipinski definition) is 3. The van der Waals surface area contributed by atoms with Crippen LogP contribution in [-0.2, 0) is 49.8 Å². The Morgan fingerprint density at radius 1 is 0.911 bits per heavy atom. The van der Waals surface area contributed by atoms with E-state index >= 15 is 0 Å². The van der Waals surface area contributed by atoms with Crippen LogP contribution in [-0.4, -0.2) is 77.5 Å². The fourth-order valence-corrected chi connectivity index (χ4v) is 7.16. The summed E-state index contributed by atoms with van der Waals surface area (Å²) in [6, 6.07) is 18.3. The fourth-order valence-electron chi connectivity index (χ4n) is 7.16. The Bertz CT molecular complexity index is 1930. The number of rotatable bonds is 10. The molecule has 0 aromatic heterocycles. The Kier molecular flexibility index (Phi) is 12.8. The summed E-state index contributed by atoms with van der Waals surface area (Å²) in [5.74, 6) is -1.56. The molecule has 3 N–H and O–H groups in total. The zero-order valence-electron chi connectivity index (χ0n) is 34.2. The zero-order valence-corrected chi connectivity index (χ0v) is 34.2. The lowest BCUT2D eigenvalue weighted by molar-refractivity contribution is -0.147. The molecule has 3 aromatic rings. The van der Waals surface area contributed by atoms with Gasteiger partial charge in [-0.1, -0.05) is 63.2 Å². The summed E-state index contributed by atoms with van der Waals surface area (Å²) < 4.78 is 10.3. The molecule has 0 radical (unpaired) electrons. The van der Waals surface area contributed by atoms with Crippen molar-refractivity contribution in [1.29, 1.82) is 0 Å². The van der Waals surface area contributed by atoms with Crippen molar-refractivity contribution >= 4 is 35.5 Å². The van der Waals surface area contributed by atoms with Gasteiger partial charge >= 0.3 is 12.1 Å². The Labute approximate surface area is 330 Å². The van der Waals surface area contributed by atoms with E-state index in [1.807, 2.05) is 63.2 Å². The number of methoxy groups -OCH3 is 1. The van der Waals surface area contributed by atoms with Crippen LogP contribution >= 0.6 is 0 Å². The van der Waals surface area contributed by atoms with E-state index < -0.39 is 53.0 Å². The number of benzene rings is 3. The van der Waals surface area contributed by atoms with Crippen molar-refractivity contribution in [3.8, 4) is 0 Å². The van der Waals surface area contributed by atoms with Crippen molar-refractivity contribution in [3.05, 3.63) is 100 Å². The summed E-state index contributed by atoms with van der Waals surface area (Å²) in [5.41, 5.74) is 4.90. The van der Waals surface area contributed by atoms with E-state index in [0.29, 0.717) is 18.5 Å². The topological polar surface area (TPSA) is 146 Å². The number of nitrogens with one attached hydrogen (secondary N) is 3. The van der Waals surface area contributed by atoms with Gasteiger partial charge < -0.3 is 30.3 Å². The zero-order chi connectivity index (χ0) is 40.9. The smallest absolute Gasteiger partial charge is 0.410 e. The number of likely N-dealkylation sites (N-methyl/N-ethyl adjacent to an activating group) is 1. The number of nitrogens with zero attached hydrogens (tertiary/aromatic N) is 2. The monoisotopic (exact) mass is 767 g/mol. The van der Waals surface area contributed by atoms with Crippen LogP contribution in [0, 0.1) is 5.41 Å². The SMILES string of the molecule is COC(=O)c1ccc(CNc2ccc3c(c2)CN(C(=O)[C@@H](NC(=O)[C@H](C)N(C)C(=O)OC(C)(C)C)C(C)(C)C)[C@H](C(=O)NC2CCCc4ccccc42)C3)cc1. The van der Waals surface area contributed by atoms with Crippen LogP contribution in [0.25, 0.3) is 0 Å². The van der Waals surface area contributed by atoms with Gasteiger partial charge in [-0.15, -0.1) is 0 Å². The first-order valence-corrected chi connectivity index (χ1v) is 19.3. The number of amides is 4. The van der Waals surface area contributed by atoms with Gasteiger partial charge in [0, 0.05) is 32.2 Å². The molecular formula is C44H57N5O7. The quantitative estimate of drug-likeness (QED) is 0.203. The van der Waals surface area contributed by atoms with Crippen molar-refractivity contribution in [2.24, 2.45) is 5.41 Å². The van der Waals surface area contributed by atoms with E-state index in [1.54, 1.807) is 44.7 Å². The molecule has 0 saturated carbocycles. The van der Waals surface area contributed by atoms with E-state index in [2.05, 4.69) is 28.1 Å². The second-order valence-electron chi connectivity index (χ2n) is 16.9. The maximum Gasteiger partial charge on any atom is 0.410 e. The summed E-state index contributed by atoms with van der Waals surface area (Å²) in [6.45, 7) is 13.1. The summed E-state index contributed by atoms with van der Waals surface area (Å²) in [4.78, 5) is 70.5. The molecule has 1 unspecified atom stereocenters. The van der Waals surface area contributed by atoms with Gasteiger partial charge in [0.1, 0.15) is 23.7 Å². The molecule has 4 atom stereocenters. The van der Waals surface area contributed by atoms with E-state index in [-0.39, 0.29) is 18.5 Å². The standard InChI is InChI=1S/C44H57N5O7/c1-27(48(8)42(54)56-44(5,6)7)38(50)47-37(43(2,3)4)40(52)49-26-32-23-33(45-25-28-17-19-30(20-18-28)41(53)55-9)22-21-31(32)24-36(49)39(51)46-35-16-12-14-29-13-10-11-15-34(29)35/h10-11,13,15,17-23,27,35-37,45H,12,14,16,24-26H2,1-9H3,(H,46,51)(H,47,50)/t27-,35?,36-,37+/m0/s1. The molecule has 0 fully saturated rings. The van der Waals surface area contributed by atoms with Crippen LogP contribution in [0.4, 0.5) is 10.5 Å². The molecule has 1 heterocycles. The number of carbonyl (C=O) groups excluding carboxylic acids is 5. The fraction of sp³-hybridized carbons (Fsp3) is 0.477. The summed E-state index contributed by atoms with van der Waals surface area (Å²) in [5, 5.41) is 9.67. The van der Waals surface area contributed by atoms with Crippen LogP contribution in [0.2, 0.25) is 0 Å². The molecule has 2 aliphatic rings. The second-order valence-corrected chi connectivity index (χ2v) is 16.9. The number of esters is 1. The molecule has 0 spiro atoms. The van der Waals surface area contributed by atoms with Crippen LogP contribution < -0.4 is 16.0 Å². The number of anilines is 1. The van der Waals surface area contributed by atoms with E-state index in [1.165, 1.54) is 24.6 Å². The van der Waals surface area contributed by atoms with Crippen molar-refractivity contribution in [2.45, 2.75) is 117 Å². The van der Waals surface area contributed by atoms with Gasteiger partial charge in [0.2, 0.25) is 17.7 Å². The van der Waals surface area contributed by atoms with E-state index in [4.69, 9.17) is 9.47 Å². The van der Waals surface area contributed by atoms with Crippen LogP contribution in [0.5, 0.6) is 0 Å². The molecule has 12 nitrogen and oxygen atoms in total. The third kappa shape index (κ3) is 10.1. The molecule has 300 valence electrons. The van der Waals surface area contributed by atoms with Crippen LogP contribution in [0.1, 0.15) is 106 Å². The summed E-state index contributed by atoms with van der Waals surface area (Å²) >= 11 is 0. The highest BCUT2D eigenvalue weighted by Crippen LogP contribution is 2.33. The number of ether oxygens (including phenoxy) is 2. The van der Waals surface area contributed by atoms with E-state index in [9.17, 15) is 24.0 Å². The largest absolute Gasteiger partial charge is 0.465 e. The Morgan fingerprint density at radius 2 is 1.61 bits per heavy atom. The molecule has 56 heavy (non-hydrogen) atoms. The third-order valence-electron chi connectivity index (χ3n) is 10.5. The summed E-state index contributed by atoms with van der Waals surface area (Å²) in [6.07, 6.45) is 2.32. The Balaban J connectivity index is 1.41. The van der Waals surface area contributed by atoms with Crippen LogP contribution in [0.15, 0.2) is 66.7 Å². The average molecular weight is 768 g/mol. The first-order chi connectivity index (χ1) is 26.4. The van der Waals surface area contributed by atoms with Gasteiger partial charge in [0.25, 0.3) is 0 Å². The third-order valence-corrected chi connectivity index (χ3v) is 10.5. The maximum absolute atomic E-state index is 14.9. The second kappa shape index (κ2) is 17.2. The van der Waals surface area contributed by atoms with Crippen molar-refractivity contribution in [2.75, 3.05) is 19.5 Å². The van der Waals surface area contributed by atoms with Gasteiger partial charge in [-0.3, -0.25) is 19.3 Å². The highest BCUT2D eigenvalue weighted by Gasteiger charge is 2.43. The normalized spacial score (nSPS) is 17.6. The number of aryl methyl sites for hydroxylation is 1. The molecule has 5 rings (SSSR count). The van der Waals surface area contributed by atoms with Crippen molar-refractivity contribution in [3.63, 3.8) is 0 Å². The highest BCUT2D eigenvalue weighted by molar-refractivity contribution is 5.95. The molecule has 12 heteroatoms. The molecule has 1 aliphatic carbocycles. The predicted octanol–water partition coefficient (Wildman–Crippen LogP) is 6.32. The average Bonchev–Trinajstić information content (AvgIpc) is 3.16. The Hall–Kier alpha value is -5.39.